The molecule has 0 saturated carbocycles. The van der Waals surface area contributed by atoms with Crippen molar-refractivity contribution in [2.45, 2.75) is 90.8 Å². The van der Waals surface area contributed by atoms with Crippen LogP contribution in [0.3, 0.4) is 0 Å². The van der Waals surface area contributed by atoms with Crippen LogP contribution < -0.4 is 11.1 Å². The maximum absolute atomic E-state index is 11.4. The van der Waals surface area contributed by atoms with E-state index in [9.17, 15) is 24.0 Å². The summed E-state index contributed by atoms with van der Waals surface area (Å²) in [5.74, 6) is -2.07. The molecule has 0 rings (SSSR count). The van der Waals surface area contributed by atoms with Crippen LogP contribution in [0.4, 0.5) is 4.79 Å². The molecule has 0 aromatic rings. The number of carbonyl (C=O) groups excluding carboxylic acids is 3. The van der Waals surface area contributed by atoms with Gasteiger partial charge in [-0.1, -0.05) is 0 Å². The first-order valence-electron chi connectivity index (χ1n) is 9.80. The molecular weight excluding hydrogens is 448 g/mol. The zero-order chi connectivity index (χ0) is 25.2. The second-order valence-corrected chi connectivity index (χ2v) is 7.67. The molecule has 0 unspecified atom stereocenters. The van der Waals surface area contributed by atoms with E-state index in [0.29, 0.717) is 32.1 Å². The summed E-state index contributed by atoms with van der Waals surface area (Å²) in [6.07, 6.45) is 1.51. The topological polar surface area (TPSA) is 193 Å². The van der Waals surface area contributed by atoms with Crippen LogP contribution in [0, 0.1) is 0 Å². The van der Waals surface area contributed by atoms with Gasteiger partial charge < -0.3 is 40.7 Å². The number of nitrogens with two attached hydrogens (primary N) is 1. The fourth-order valence-electron chi connectivity index (χ4n) is 1.96. The van der Waals surface area contributed by atoms with Gasteiger partial charge >= 0.3 is 18.0 Å². The maximum Gasteiger partial charge on any atom is 0.408 e. The number of carboxylic acids is 2. The largest absolute Gasteiger partial charge is 0.480 e. The molecule has 1 amide bonds. The molecule has 0 saturated heterocycles. The highest BCUT2D eigenvalue weighted by atomic mass is 35.5. The molecule has 190 valence electrons. The molecule has 0 spiro atoms. The summed E-state index contributed by atoms with van der Waals surface area (Å²) >= 11 is 0. The van der Waals surface area contributed by atoms with E-state index in [1.807, 2.05) is 0 Å². The lowest BCUT2D eigenvalue weighted by Crippen LogP contribution is -2.43. The Labute approximate surface area is 195 Å². The first-order valence-corrected chi connectivity index (χ1v) is 9.80. The summed E-state index contributed by atoms with van der Waals surface area (Å²) in [5.41, 5.74) is 4.52. The molecule has 0 bridgehead atoms. The number of ketones is 2. The van der Waals surface area contributed by atoms with Gasteiger partial charge in [0.1, 0.15) is 29.3 Å². The van der Waals surface area contributed by atoms with E-state index in [0.717, 1.165) is 7.11 Å². The summed E-state index contributed by atoms with van der Waals surface area (Å²) < 4.78 is 4.97. The Hall–Kier alpha value is -2.24. The zero-order valence-corrected chi connectivity index (χ0v) is 20.5. The molecule has 0 heterocycles. The summed E-state index contributed by atoms with van der Waals surface area (Å²) in [7, 11) is 1.00. The van der Waals surface area contributed by atoms with Crippen molar-refractivity contribution < 1.29 is 44.0 Å². The van der Waals surface area contributed by atoms with E-state index in [1.165, 1.54) is 13.8 Å². The Bertz CT molecular complexity index is 578. The van der Waals surface area contributed by atoms with Crippen LogP contribution in [-0.4, -0.2) is 69.7 Å². The summed E-state index contributed by atoms with van der Waals surface area (Å²) in [4.78, 5) is 53.6. The Kier molecular flexibility index (Phi) is 23.9. The number of carboxylic acid groups (broad SMARTS) is 2. The molecule has 6 N–H and O–H groups in total. The van der Waals surface area contributed by atoms with Crippen LogP contribution >= 0.6 is 12.4 Å². The van der Waals surface area contributed by atoms with Crippen molar-refractivity contribution >= 4 is 42.0 Å². The molecule has 0 radical (unpaired) electrons. The van der Waals surface area contributed by atoms with Gasteiger partial charge in [0.25, 0.3) is 0 Å². The molecule has 11 nitrogen and oxygen atoms in total. The number of halogens is 1. The van der Waals surface area contributed by atoms with Crippen LogP contribution in [0.25, 0.3) is 0 Å². The number of alkyl carbamates (subject to hydrolysis) is 1. The Morgan fingerprint density at radius 1 is 0.875 bits per heavy atom. The number of aliphatic hydroxyl groups excluding tert-OH is 1. The van der Waals surface area contributed by atoms with Gasteiger partial charge in [-0.25, -0.2) is 9.59 Å². The van der Waals surface area contributed by atoms with Crippen molar-refractivity contribution in [3.05, 3.63) is 0 Å². The summed E-state index contributed by atoms with van der Waals surface area (Å²) in [6.45, 7) is 8.00. The molecule has 12 heteroatoms. The lowest BCUT2D eigenvalue weighted by atomic mass is 10.1. The van der Waals surface area contributed by atoms with Crippen molar-refractivity contribution in [2.24, 2.45) is 5.73 Å². The Balaban J connectivity index is -0.000000241. The van der Waals surface area contributed by atoms with Crippen LogP contribution in [-0.2, 0) is 23.9 Å². The van der Waals surface area contributed by atoms with E-state index in [2.05, 4.69) is 5.32 Å². The quantitative estimate of drug-likeness (QED) is 0.288. The number of hydrogen-bond acceptors (Lipinski definition) is 8. The first-order chi connectivity index (χ1) is 14.2. The predicted molar refractivity (Wildman–Crippen MR) is 121 cm³/mol. The number of nitrogens with one attached hydrogen (secondary N) is 1. The molecule has 0 aliphatic heterocycles. The van der Waals surface area contributed by atoms with Gasteiger partial charge in [-0.2, -0.15) is 0 Å². The van der Waals surface area contributed by atoms with E-state index in [4.69, 9.17) is 25.8 Å². The number of aliphatic carboxylic acids is 2. The Morgan fingerprint density at radius 3 is 1.59 bits per heavy atom. The average molecular weight is 487 g/mol. The van der Waals surface area contributed by atoms with Gasteiger partial charge in [0.15, 0.2) is 0 Å². The fraction of sp³-hybridized carbons (Fsp3) is 0.750. The molecule has 0 aliphatic rings. The van der Waals surface area contributed by atoms with E-state index >= 15 is 0 Å². The number of ether oxygens (including phenoxy) is 1. The monoisotopic (exact) mass is 486 g/mol. The van der Waals surface area contributed by atoms with Crippen LogP contribution in [0.2, 0.25) is 0 Å². The van der Waals surface area contributed by atoms with Crippen molar-refractivity contribution in [3.8, 4) is 0 Å². The fourth-order valence-corrected chi connectivity index (χ4v) is 1.96. The van der Waals surface area contributed by atoms with E-state index in [-0.39, 0.29) is 30.4 Å². The lowest BCUT2D eigenvalue weighted by molar-refractivity contribution is -0.140. The number of carbonyl (C=O) groups is 5. The number of amides is 1. The molecule has 32 heavy (non-hydrogen) atoms. The number of rotatable bonds is 11. The highest BCUT2D eigenvalue weighted by Crippen LogP contribution is 2.08. The maximum atomic E-state index is 11.4. The van der Waals surface area contributed by atoms with Gasteiger partial charge in [-0.3, -0.25) is 4.79 Å². The highest BCUT2D eigenvalue weighted by Gasteiger charge is 2.23. The molecule has 0 fully saturated rings. The molecular formula is C20H39ClN2O9. The van der Waals surface area contributed by atoms with Crippen LogP contribution in [0.15, 0.2) is 0 Å². The van der Waals surface area contributed by atoms with Gasteiger partial charge in [0.2, 0.25) is 0 Å². The highest BCUT2D eigenvalue weighted by molar-refractivity contribution is 5.85. The van der Waals surface area contributed by atoms with Crippen molar-refractivity contribution in [1.29, 1.82) is 0 Å². The van der Waals surface area contributed by atoms with Crippen molar-refractivity contribution in [3.63, 3.8) is 0 Å². The minimum absolute atomic E-state index is 0. The van der Waals surface area contributed by atoms with Crippen molar-refractivity contribution in [2.75, 3.05) is 7.11 Å². The van der Waals surface area contributed by atoms with Crippen LogP contribution in [0.1, 0.15) is 73.1 Å². The SMILES string of the molecule is CC(=O)CCC[C@H](N)C(=O)O.CC(=O)CCC[C@H](NC(=O)OC(C)(C)C)C(=O)O.CO.Cl. The minimum Gasteiger partial charge on any atom is -0.480 e. The number of Topliss-reactive ketones (excluding diaryl/α,β-unsaturated/α-hetero) is 2. The number of aliphatic hydroxyl groups is 1. The standard InChI is InChI=1S/C12H21NO5.C7H13NO3.CH4O.ClH/c1-8(14)6-5-7-9(10(15)16)13-11(17)18-12(2,3)4;1-5(9)3-2-4-6(8)7(10)11;1-2;/h9H,5-7H2,1-4H3,(H,13,17)(H,15,16);6H,2-4,8H2,1H3,(H,10,11);2H,1H3;1H/t9-;6-;;/m00../s1. The van der Waals surface area contributed by atoms with Crippen LogP contribution in [0.5, 0.6) is 0 Å². The third kappa shape index (κ3) is 27.8. The lowest BCUT2D eigenvalue weighted by Gasteiger charge is -2.21. The molecule has 0 aliphatic carbocycles. The molecule has 0 aromatic carbocycles. The van der Waals surface area contributed by atoms with Gasteiger partial charge in [0.05, 0.1) is 0 Å². The second-order valence-electron chi connectivity index (χ2n) is 7.67. The molecule has 2 atom stereocenters. The third-order valence-electron chi connectivity index (χ3n) is 3.37. The van der Waals surface area contributed by atoms with Gasteiger partial charge in [-0.15, -0.1) is 12.4 Å². The average Bonchev–Trinajstić information content (AvgIpc) is 2.60. The normalized spacial score (nSPS) is 11.6. The van der Waals surface area contributed by atoms with Gasteiger partial charge in [0, 0.05) is 20.0 Å². The molecule has 0 aromatic heterocycles. The third-order valence-corrected chi connectivity index (χ3v) is 3.37. The first kappa shape index (κ1) is 37.1. The predicted octanol–water partition coefficient (Wildman–Crippen LogP) is 1.91. The van der Waals surface area contributed by atoms with Gasteiger partial charge in [-0.05, 0) is 60.3 Å². The Morgan fingerprint density at radius 2 is 1.28 bits per heavy atom. The van der Waals surface area contributed by atoms with Crippen molar-refractivity contribution in [1.82, 2.24) is 5.32 Å². The smallest absolute Gasteiger partial charge is 0.408 e. The van der Waals surface area contributed by atoms with E-state index < -0.39 is 35.7 Å². The number of hydrogen-bond donors (Lipinski definition) is 5. The minimum atomic E-state index is -1.13. The second kappa shape index (κ2) is 20.7. The summed E-state index contributed by atoms with van der Waals surface area (Å²) in [6, 6.07) is -1.85. The summed E-state index contributed by atoms with van der Waals surface area (Å²) in [5, 5.41) is 26.5. The van der Waals surface area contributed by atoms with E-state index in [1.54, 1.807) is 20.8 Å². The zero-order valence-electron chi connectivity index (χ0n) is 19.7.